The molecule has 0 aliphatic carbocycles. The molecule has 0 spiro atoms. The maximum Gasteiger partial charge on any atom is 0.123 e. The number of halogens is 1. The highest BCUT2D eigenvalue weighted by atomic mass is 32.2. The Kier molecular flexibility index (Phi) is 4.45. The van der Waals surface area contributed by atoms with Gasteiger partial charge in [-0.25, -0.2) is 4.39 Å². The Morgan fingerprint density at radius 2 is 1.89 bits per heavy atom. The summed E-state index contributed by atoms with van der Waals surface area (Å²) in [5, 5.41) is 0. The van der Waals surface area contributed by atoms with Gasteiger partial charge in [-0.2, -0.15) is 0 Å². The molecule has 1 unspecified atom stereocenters. The van der Waals surface area contributed by atoms with Crippen LogP contribution in [-0.2, 0) is 23.1 Å². The highest BCUT2D eigenvalue weighted by molar-refractivity contribution is 7.84. The number of benzene rings is 2. The largest absolute Gasteiger partial charge is 0.326 e. The minimum atomic E-state index is -1.14. The van der Waals surface area contributed by atoms with Crippen molar-refractivity contribution < 1.29 is 8.60 Å². The van der Waals surface area contributed by atoms with Crippen LogP contribution in [0.3, 0.4) is 0 Å². The molecule has 100 valence electrons. The van der Waals surface area contributed by atoms with Gasteiger partial charge in [-0.05, 0) is 41.8 Å². The van der Waals surface area contributed by atoms with E-state index < -0.39 is 10.8 Å². The number of hydrogen-bond donors (Lipinski definition) is 1. The van der Waals surface area contributed by atoms with Crippen LogP contribution < -0.4 is 5.73 Å². The molecule has 0 saturated heterocycles. The first-order chi connectivity index (χ1) is 9.11. The second kappa shape index (κ2) is 6.08. The van der Waals surface area contributed by atoms with Crippen molar-refractivity contribution in [3.05, 3.63) is 65.0 Å². The molecular weight excluding hydrogens is 261 g/mol. The third-order valence-corrected chi connectivity index (χ3v) is 4.54. The van der Waals surface area contributed by atoms with Crippen LogP contribution in [-0.4, -0.2) is 4.21 Å². The molecule has 0 aromatic heterocycles. The quantitative estimate of drug-likeness (QED) is 0.933. The normalized spacial score (nSPS) is 12.4. The van der Waals surface area contributed by atoms with Crippen molar-refractivity contribution in [2.75, 3.05) is 0 Å². The fourth-order valence-electron chi connectivity index (χ4n) is 1.96. The molecule has 2 aromatic carbocycles. The van der Waals surface area contributed by atoms with Crippen LogP contribution in [0.2, 0.25) is 0 Å². The molecule has 1 atom stereocenters. The zero-order valence-electron chi connectivity index (χ0n) is 10.7. The van der Waals surface area contributed by atoms with Gasteiger partial charge in [-0.1, -0.05) is 24.3 Å². The minimum Gasteiger partial charge on any atom is -0.326 e. The number of rotatable bonds is 4. The molecule has 0 aliphatic rings. The van der Waals surface area contributed by atoms with Crippen molar-refractivity contribution in [1.29, 1.82) is 0 Å². The van der Waals surface area contributed by atoms with Crippen LogP contribution in [0.4, 0.5) is 4.39 Å². The van der Waals surface area contributed by atoms with E-state index in [1.807, 2.05) is 31.2 Å². The summed E-state index contributed by atoms with van der Waals surface area (Å²) < 4.78 is 25.5. The molecule has 2 nitrogen and oxygen atoms in total. The lowest BCUT2D eigenvalue weighted by atomic mass is 10.1. The van der Waals surface area contributed by atoms with E-state index in [9.17, 15) is 8.60 Å². The van der Waals surface area contributed by atoms with E-state index in [1.54, 1.807) is 6.07 Å². The summed E-state index contributed by atoms with van der Waals surface area (Å²) in [4.78, 5) is 0.815. The zero-order chi connectivity index (χ0) is 13.8. The number of nitrogens with two attached hydrogens (primary N) is 1. The van der Waals surface area contributed by atoms with Gasteiger partial charge in [0.1, 0.15) is 5.82 Å². The van der Waals surface area contributed by atoms with Gasteiger partial charge in [0.25, 0.3) is 0 Å². The van der Waals surface area contributed by atoms with Gasteiger partial charge < -0.3 is 5.73 Å². The molecule has 0 saturated carbocycles. The second-order valence-electron chi connectivity index (χ2n) is 4.37. The van der Waals surface area contributed by atoms with E-state index in [1.165, 1.54) is 12.1 Å². The zero-order valence-corrected chi connectivity index (χ0v) is 11.5. The Bertz CT molecular complexity index is 613. The van der Waals surface area contributed by atoms with Crippen LogP contribution >= 0.6 is 0 Å². The molecule has 0 aliphatic heterocycles. The maximum atomic E-state index is 13.1. The van der Waals surface area contributed by atoms with Crippen molar-refractivity contribution >= 4 is 10.8 Å². The van der Waals surface area contributed by atoms with E-state index >= 15 is 0 Å². The standard InChI is InChI=1S/C15H16FNOS/c1-11-4-2-3-5-15(11)19(18)10-12-6-7-14(16)8-13(12)9-17/h2-8H,9-10,17H2,1H3. The molecular formula is C15H16FNOS. The lowest BCUT2D eigenvalue weighted by Gasteiger charge is -2.09. The van der Waals surface area contributed by atoms with Gasteiger partial charge in [0.05, 0.1) is 16.6 Å². The Morgan fingerprint density at radius 3 is 2.58 bits per heavy atom. The Balaban J connectivity index is 2.27. The average molecular weight is 277 g/mol. The van der Waals surface area contributed by atoms with E-state index in [0.29, 0.717) is 11.3 Å². The molecule has 2 N–H and O–H groups in total. The molecule has 4 heteroatoms. The fraction of sp³-hybridized carbons (Fsp3) is 0.200. The van der Waals surface area contributed by atoms with Gasteiger partial charge in [0.15, 0.2) is 0 Å². The van der Waals surface area contributed by atoms with Gasteiger partial charge in [0, 0.05) is 11.4 Å². The van der Waals surface area contributed by atoms with Gasteiger partial charge in [-0.3, -0.25) is 4.21 Å². The summed E-state index contributed by atoms with van der Waals surface area (Å²) in [6, 6.07) is 12.0. The van der Waals surface area contributed by atoms with Crippen LogP contribution in [0, 0.1) is 12.7 Å². The summed E-state index contributed by atoms with van der Waals surface area (Å²) in [5.41, 5.74) is 8.14. The summed E-state index contributed by atoms with van der Waals surface area (Å²) in [6.45, 7) is 2.18. The Hall–Kier alpha value is -1.52. The Morgan fingerprint density at radius 1 is 1.16 bits per heavy atom. The molecule has 19 heavy (non-hydrogen) atoms. The van der Waals surface area contributed by atoms with Crippen LogP contribution in [0.15, 0.2) is 47.4 Å². The summed E-state index contributed by atoms with van der Waals surface area (Å²) in [5.74, 6) is 0.0448. The van der Waals surface area contributed by atoms with Crippen molar-refractivity contribution in [3.8, 4) is 0 Å². The summed E-state index contributed by atoms with van der Waals surface area (Å²) >= 11 is 0. The van der Waals surface area contributed by atoms with Crippen molar-refractivity contribution in [1.82, 2.24) is 0 Å². The van der Waals surface area contributed by atoms with Crippen LogP contribution in [0.25, 0.3) is 0 Å². The lowest BCUT2D eigenvalue weighted by Crippen LogP contribution is -2.06. The summed E-state index contributed by atoms with van der Waals surface area (Å²) in [7, 11) is -1.14. The summed E-state index contributed by atoms with van der Waals surface area (Å²) in [6.07, 6.45) is 0. The molecule has 0 heterocycles. The van der Waals surface area contributed by atoms with Gasteiger partial charge in [-0.15, -0.1) is 0 Å². The minimum absolute atomic E-state index is 0.248. The highest BCUT2D eigenvalue weighted by Crippen LogP contribution is 2.19. The van der Waals surface area contributed by atoms with Crippen LogP contribution in [0.5, 0.6) is 0 Å². The predicted octanol–water partition coefficient (Wildman–Crippen LogP) is 2.90. The topological polar surface area (TPSA) is 43.1 Å². The van der Waals surface area contributed by atoms with Crippen molar-refractivity contribution in [3.63, 3.8) is 0 Å². The average Bonchev–Trinajstić information content (AvgIpc) is 2.41. The molecule has 2 aromatic rings. The third-order valence-electron chi connectivity index (χ3n) is 3.01. The predicted molar refractivity (Wildman–Crippen MR) is 75.6 cm³/mol. The molecule has 0 radical (unpaired) electrons. The molecule has 0 bridgehead atoms. The van der Waals surface area contributed by atoms with E-state index in [4.69, 9.17) is 5.73 Å². The molecule has 0 amide bonds. The third kappa shape index (κ3) is 3.28. The van der Waals surface area contributed by atoms with E-state index in [0.717, 1.165) is 16.0 Å². The molecule has 2 rings (SSSR count). The first kappa shape index (κ1) is 13.9. The Labute approximate surface area is 114 Å². The maximum absolute atomic E-state index is 13.1. The smallest absolute Gasteiger partial charge is 0.123 e. The first-order valence-electron chi connectivity index (χ1n) is 6.03. The van der Waals surface area contributed by atoms with Crippen molar-refractivity contribution in [2.24, 2.45) is 5.73 Å². The fourth-order valence-corrected chi connectivity index (χ4v) is 3.33. The number of aryl methyl sites for hydroxylation is 1. The monoisotopic (exact) mass is 277 g/mol. The molecule has 0 fully saturated rings. The van der Waals surface area contributed by atoms with Gasteiger partial charge >= 0.3 is 0 Å². The van der Waals surface area contributed by atoms with Crippen molar-refractivity contribution in [2.45, 2.75) is 24.1 Å². The van der Waals surface area contributed by atoms with E-state index in [-0.39, 0.29) is 12.4 Å². The first-order valence-corrected chi connectivity index (χ1v) is 7.35. The van der Waals surface area contributed by atoms with Crippen LogP contribution in [0.1, 0.15) is 16.7 Å². The number of hydrogen-bond acceptors (Lipinski definition) is 2. The lowest BCUT2D eigenvalue weighted by molar-refractivity contribution is 0.624. The van der Waals surface area contributed by atoms with E-state index in [2.05, 4.69) is 0 Å². The SMILES string of the molecule is Cc1ccccc1S(=O)Cc1ccc(F)cc1CN. The van der Waals surface area contributed by atoms with Gasteiger partial charge in [0.2, 0.25) is 0 Å². The second-order valence-corrected chi connectivity index (χ2v) is 5.79. The highest BCUT2D eigenvalue weighted by Gasteiger charge is 2.10.